The van der Waals surface area contributed by atoms with E-state index in [0.29, 0.717) is 12.1 Å². The minimum Gasteiger partial charge on any atom is -0.387 e. The fourth-order valence-electron chi connectivity index (χ4n) is 2.45. The zero-order valence-corrected chi connectivity index (χ0v) is 10.8. The second-order valence-electron chi connectivity index (χ2n) is 5.84. The molecule has 1 fully saturated rings. The average Bonchev–Trinajstić information content (AvgIpc) is 2.62. The molecule has 0 aromatic heterocycles. The van der Waals surface area contributed by atoms with Crippen molar-refractivity contribution < 1.29 is 13.9 Å². The van der Waals surface area contributed by atoms with E-state index in [2.05, 4.69) is 18.7 Å². The maximum atomic E-state index is 13.1. The van der Waals surface area contributed by atoms with E-state index in [-0.39, 0.29) is 5.41 Å². The zero-order chi connectivity index (χ0) is 13.3. The van der Waals surface area contributed by atoms with Gasteiger partial charge in [0.05, 0.1) is 6.10 Å². The summed E-state index contributed by atoms with van der Waals surface area (Å²) in [6.07, 6.45) is 0.325. The van der Waals surface area contributed by atoms with Crippen LogP contribution < -0.4 is 0 Å². The molecule has 1 aliphatic rings. The lowest BCUT2D eigenvalue weighted by atomic mass is 9.93. The Balaban J connectivity index is 1.99. The molecule has 100 valence electrons. The molecule has 1 saturated heterocycles. The normalized spacial score (nSPS) is 21.2. The van der Waals surface area contributed by atoms with Crippen molar-refractivity contribution in [3.05, 3.63) is 35.4 Å². The highest BCUT2D eigenvalue weighted by Gasteiger charge is 2.30. The minimum absolute atomic E-state index is 0.272. The Morgan fingerprint density at radius 3 is 2.61 bits per heavy atom. The Hall–Kier alpha value is -1.00. The molecule has 2 rings (SSSR count). The number of likely N-dealkylation sites (tertiary alicyclic amines) is 1. The third-order valence-corrected chi connectivity index (χ3v) is 3.52. The Morgan fingerprint density at radius 2 is 2.06 bits per heavy atom. The smallest absolute Gasteiger partial charge is 0.159 e. The van der Waals surface area contributed by atoms with Crippen molar-refractivity contribution in [2.45, 2.75) is 26.4 Å². The van der Waals surface area contributed by atoms with Crippen LogP contribution in [0, 0.1) is 17.0 Å². The summed E-state index contributed by atoms with van der Waals surface area (Å²) in [5.74, 6) is -1.79. The molecule has 0 saturated carbocycles. The standard InChI is InChI=1S/C14H19F2NO/c1-14(2)5-6-17(9-14)8-13(18)10-3-4-11(15)12(16)7-10/h3-4,7,13,18H,5-6,8-9H2,1-2H3. The van der Waals surface area contributed by atoms with Gasteiger partial charge in [0.25, 0.3) is 0 Å². The summed E-state index contributed by atoms with van der Waals surface area (Å²) < 4.78 is 25.9. The topological polar surface area (TPSA) is 23.5 Å². The molecule has 18 heavy (non-hydrogen) atoms. The molecule has 2 nitrogen and oxygen atoms in total. The van der Waals surface area contributed by atoms with E-state index in [0.717, 1.165) is 31.6 Å². The summed E-state index contributed by atoms with van der Waals surface area (Å²) in [5, 5.41) is 10.0. The van der Waals surface area contributed by atoms with Crippen LogP contribution in [0.4, 0.5) is 8.78 Å². The van der Waals surface area contributed by atoms with Gasteiger partial charge in [-0.15, -0.1) is 0 Å². The van der Waals surface area contributed by atoms with Gasteiger partial charge in [-0.1, -0.05) is 19.9 Å². The van der Waals surface area contributed by atoms with Crippen LogP contribution in [-0.4, -0.2) is 29.6 Å². The molecule has 1 aromatic carbocycles. The third-order valence-electron chi connectivity index (χ3n) is 3.52. The van der Waals surface area contributed by atoms with Crippen LogP contribution in [0.3, 0.4) is 0 Å². The molecule has 1 heterocycles. The number of hydrogen-bond acceptors (Lipinski definition) is 2. The van der Waals surface area contributed by atoms with Crippen molar-refractivity contribution in [1.82, 2.24) is 4.90 Å². The SMILES string of the molecule is CC1(C)CCN(CC(O)c2ccc(F)c(F)c2)C1. The van der Waals surface area contributed by atoms with E-state index in [1.807, 2.05) is 0 Å². The monoisotopic (exact) mass is 255 g/mol. The Morgan fingerprint density at radius 1 is 1.33 bits per heavy atom. The fourth-order valence-corrected chi connectivity index (χ4v) is 2.45. The summed E-state index contributed by atoms with van der Waals surface area (Å²) in [6, 6.07) is 3.56. The van der Waals surface area contributed by atoms with Crippen LogP contribution in [0.2, 0.25) is 0 Å². The second kappa shape index (κ2) is 4.94. The number of aliphatic hydroxyl groups is 1. The van der Waals surface area contributed by atoms with Gasteiger partial charge in [-0.05, 0) is 36.1 Å². The van der Waals surface area contributed by atoms with Crippen molar-refractivity contribution in [2.24, 2.45) is 5.41 Å². The van der Waals surface area contributed by atoms with Gasteiger partial charge in [0.15, 0.2) is 11.6 Å². The van der Waals surface area contributed by atoms with E-state index in [1.54, 1.807) is 0 Å². The van der Waals surface area contributed by atoms with Crippen LogP contribution in [0.25, 0.3) is 0 Å². The molecule has 0 spiro atoms. The van der Waals surface area contributed by atoms with Gasteiger partial charge in [-0.25, -0.2) is 8.78 Å². The molecule has 1 atom stereocenters. The van der Waals surface area contributed by atoms with E-state index < -0.39 is 17.7 Å². The highest BCUT2D eigenvalue weighted by atomic mass is 19.2. The second-order valence-corrected chi connectivity index (χ2v) is 5.84. The summed E-state index contributed by atoms with van der Waals surface area (Å²) in [6.45, 7) is 6.71. The number of hydrogen-bond donors (Lipinski definition) is 1. The number of nitrogens with zero attached hydrogens (tertiary/aromatic N) is 1. The number of rotatable bonds is 3. The molecular weight excluding hydrogens is 236 g/mol. The molecule has 1 N–H and O–H groups in total. The van der Waals surface area contributed by atoms with Gasteiger partial charge in [-0.3, -0.25) is 4.90 Å². The number of β-amino-alcohol motifs (C(OH)–C–C–N with tert-alkyl or cyclic N) is 1. The van der Waals surface area contributed by atoms with E-state index in [9.17, 15) is 13.9 Å². The third kappa shape index (κ3) is 3.06. The highest BCUT2D eigenvalue weighted by Crippen LogP contribution is 2.30. The first kappa shape index (κ1) is 13.4. The van der Waals surface area contributed by atoms with Gasteiger partial charge in [0.1, 0.15) is 0 Å². The summed E-state index contributed by atoms with van der Waals surface area (Å²) >= 11 is 0. The zero-order valence-electron chi connectivity index (χ0n) is 10.8. The van der Waals surface area contributed by atoms with Gasteiger partial charge in [-0.2, -0.15) is 0 Å². The van der Waals surface area contributed by atoms with Crippen molar-refractivity contribution in [3.8, 4) is 0 Å². The van der Waals surface area contributed by atoms with Gasteiger partial charge < -0.3 is 5.11 Å². The number of aliphatic hydroxyl groups excluding tert-OH is 1. The Bertz CT molecular complexity index is 434. The van der Waals surface area contributed by atoms with Gasteiger partial charge in [0.2, 0.25) is 0 Å². The molecule has 1 aromatic rings. The minimum atomic E-state index is -0.909. The van der Waals surface area contributed by atoms with Crippen molar-refractivity contribution in [2.75, 3.05) is 19.6 Å². The summed E-state index contributed by atoms with van der Waals surface area (Å²) in [7, 11) is 0. The molecule has 1 aliphatic heterocycles. The molecule has 4 heteroatoms. The van der Waals surface area contributed by atoms with Crippen LogP contribution >= 0.6 is 0 Å². The maximum absolute atomic E-state index is 13.1. The largest absolute Gasteiger partial charge is 0.387 e. The molecule has 0 bridgehead atoms. The maximum Gasteiger partial charge on any atom is 0.159 e. The number of halogens is 2. The molecule has 1 unspecified atom stereocenters. The number of benzene rings is 1. The predicted octanol–water partition coefficient (Wildman–Crippen LogP) is 2.73. The van der Waals surface area contributed by atoms with Crippen LogP contribution in [0.5, 0.6) is 0 Å². The van der Waals surface area contributed by atoms with E-state index in [4.69, 9.17) is 0 Å². The first-order chi connectivity index (χ1) is 8.37. The van der Waals surface area contributed by atoms with Crippen molar-refractivity contribution in [3.63, 3.8) is 0 Å². The molecule has 0 aliphatic carbocycles. The van der Waals surface area contributed by atoms with Gasteiger partial charge >= 0.3 is 0 Å². The van der Waals surface area contributed by atoms with Crippen molar-refractivity contribution in [1.29, 1.82) is 0 Å². The summed E-state index contributed by atoms with van der Waals surface area (Å²) in [4.78, 5) is 2.16. The molecule has 0 amide bonds. The van der Waals surface area contributed by atoms with Crippen LogP contribution in [-0.2, 0) is 0 Å². The fraction of sp³-hybridized carbons (Fsp3) is 0.571. The Labute approximate surface area is 106 Å². The Kier molecular flexibility index (Phi) is 3.69. The highest BCUT2D eigenvalue weighted by molar-refractivity contribution is 5.20. The van der Waals surface area contributed by atoms with Gasteiger partial charge in [0, 0.05) is 13.1 Å². The lowest BCUT2D eigenvalue weighted by Gasteiger charge is -2.22. The molecular formula is C14H19F2NO. The van der Waals surface area contributed by atoms with Crippen LogP contribution in [0.1, 0.15) is 31.9 Å². The van der Waals surface area contributed by atoms with Crippen molar-refractivity contribution >= 4 is 0 Å². The average molecular weight is 255 g/mol. The molecule has 0 radical (unpaired) electrons. The first-order valence-electron chi connectivity index (χ1n) is 6.23. The lowest BCUT2D eigenvalue weighted by Crippen LogP contribution is -2.28. The quantitative estimate of drug-likeness (QED) is 0.897. The lowest BCUT2D eigenvalue weighted by molar-refractivity contribution is 0.120. The van der Waals surface area contributed by atoms with E-state index >= 15 is 0 Å². The van der Waals surface area contributed by atoms with E-state index in [1.165, 1.54) is 6.07 Å². The predicted molar refractivity (Wildman–Crippen MR) is 66.2 cm³/mol. The summed E-state index contributed by atoms with van der Waals surface area (Å²) in [5.41, 5.74) is 0.701. The van der Waals surface area contributed by atoms with Crippen LogP contribution in [0.15, 0.2) is 18.2 Å². The first-order valence-corrected chi connectivity index (χ1v) is 6.23.